The van der Waals surface area contributed by atoms with Crippen molar-refractivity contribution in [2.75, 3.05) is 6.54 Å². The van der Waals surface area contributed by atoms with Crippen LogP contribution in [0.4, 0.5) is 0 Å². The van der Waals surface area contributed by atoms with Crippen molar-refractivity contribution in [3.63, 3.8) is 0 Å². The van der Waals surface area contributed by atoms with Crippen molar-refractivity contribution >= 4 is 15.9 Å². The van der Waals surface area contributed by atoms with Crippen LogP contribution in [0, 0.1) is 6.92 Å². The first-order valence-electron chi connectivity index (χ1n) is 3.69. The lowest BCUT2D eigenvalue weighted by molar-refractivity contribution is 0.480. The highest BCUT2D eigenvalue weighted by atomic mass is 79.9. The summed E-state index contributed by atoms with van der Waals surface area (Å²) in [5, 5.41) is 0. The van der Waals surface area contributed by atoms with E-state index in [-0.39, 0.29) is 0 Å². The van der Waals surface area contributed by atoms with Crippen molar-refractivity contribution in [3.05, 3.63) is 22.1 Å². The van der Waals surface area contributed by atoms with Crippen LogP contribution >= 0.6 is 15.9 Å². The molecule has 1 aromatic rings. The third-order valence-corrected chi connectivity index (χ3v) is 1.99. The van der Waals surface area contributed by atoms with Crippen molar-refractivity contribution in [3.8, 4) is 0 Å². The van der Waals surface area contributed by atoms with Crippen LogP contribution in [-0.4, -0.2) is 6.54 Å². The first kappa shape index (κ1) is 8.81. The number of nitrogens with two attached hydrogens (primary N) is 1. The number of furan rings is 1. The highest BCUT2D eigenvalue weighted by Crippen LogP contribution is 2.20. The molecule has 0 atom stereocenters. The molecule has 0 aliphatic rings. The third kappa shape index (κ3) is 2.34. The lowest BCUT2D eigenvalue weighted by atomic mass is 10.2. The fraction of sp³-hybridized carbons (Fsp3) is 0.500. The van der Waals surface area contributed by atoms with E-state index in [0.717, 1.165) is 29.8 Å². The Hall–Kier alpha value is -0.280. The SMILES string of the molecule is Cc1cc(Br)oc1CCCN. The predicted molar refractivity (Wildman–Crippen MR) is 48.5 cm³/mol. The van der Waals surface area contributed by atoms with Gasteiger partial charge in [-0.2, -0.15) is 0 Å². The van der Waals surface area contributed by atoms with Gasteiger partial charge < -0.3 is 10.2 Å². The van der Waals surface area contributed by atoms with Gasteiger partial charge in [0, 0.05) is 6.42 Å². The lowest BCUT2D eigenvalue weighted by Crippen LogP contribution is -2.00. The van der Waals surface area contributed by atoms with E-state index in [1.807, 2.05) is 13.0 Å². The van der Waals surface area contributed by atoms with Crippen LogP contribution in [0.5, 0.6) is 0 Å². The van der Waals surface area contributed by atoms with Crippen LogP contribution in [0.1, 0.15) is 17.7 Å². The molecule has 2 nitrogen and oxygen atoms in total. The van der Waals surface area contributed by atoms with E-state index in [2.05, 4.69) is 15.9 Å². The van der Waals surface area contributed by atoms with Crippen LogP contribution in [0.3, 0.4) is 0 Å². The van der Waals surface area contributed by atoms with Gasteiger partial charge in [0.1, 0.15) is 5.76 Å². The van der Waals surface area contributed by atoms with Gasteiger partial charge in [-0.05, 0) is 47.4 Å². The molecule has 0 saturated heterocycles. The molecule has 0 aromatic carbocycles. The van der Waals surface area contributed by atoms with Gasteiger partial charge in [-0.1, -0.05) is 0 Å². The zero-order valence-electron chi connectivity index (χ0n) is 6.56. The summed E-state index contributed by atoms with van der Waals surface area (Å²) in [5.41, 5.74) is 6.58. The zero-order valence-corrected chi connectivity index (χ0v) is 8.15. The molecule has 0 bridgehead atoms. The minimum Gasteiger partial charge on any atom is -0.454 e. The van der Waals surface area contributed by atoms with Gasteiger partial charge in [0.2, 0.25) is 0 Å². The number of halogens is 1. The average molecular weight is 218 g/mol. The van der Waals surface area contributed by atoms with Gasteiger partial charge in [0.05, 0.1) is 0 Å². The molecule has 0 fully saturated rings. The molecule has 1 heterocycles. The molecule has 3 heteroatoms. The Balaban J connectivity index is 2.62. The Kier molecular flexibility index (Phi) is 3.15. The summed E-state index contributed by atoms with van der Waals surface area (Å²) in [7, 11) is 0. The molecule has 0 aliphatic carbocycles. The highest BCUT2D eigenvalue weighted by Gasteiger charge is 2.03. The summed E-state index contributed by atoms with van der Waals surface area (Å²) < 4.78 is 6.18. The maximum Gasteiger partial charge on any atom is 0.169 e. The van der Waals surface area contributed by atoms with Crippen LogP contribution in [0.25, 0.3) is 0 Å². The molecular weight excluding hydrogens is 206 g/mol. The Morgan fingerprint density at radius 1 is 1.64 bits per heavy atom. The Labute approximate surface area is 74.9 Å². The van der Waals surface area contributed by atoms with E-state index < -0.39 is 0 Å². The molecule has 11 heavy (non-hydrogen) atoms. The van der Waals surface area contributed by atoms with Gasteiger partial charge in [0.15, 0.2) is 4.67 Å². The van der Waals surface area contributed by atoms with Crippen molar-refractivity contribution in [2.24, 2.45) is 5.73 Å². The standard InChI is InChI=1S/C8H12BrNO/c1-6-5-8(9)11-7(6)3-2-4-10/h5H,2-4,10H2,1H3. The molecule has 0 aliphatic heterocycles. The number of hydrogen-bond donors (Lipinski definition) is 1. The van der Waals surface area contributed by atoms with E-state index in [9.17, 15) is 0 Å². The second-order valence-electron chi connectivity index (χ2n) is 2.55. The second kappa shape index (κ2) is 3.93. The van der Waals surface area contributed by atoms with Gasteiger partial charge in [-0.15, -0.1) is 0 Å². The van der Waals surface area contributed by atoms with Crippen molar-refractivity contribution in [2.45, 2.75) is 19.8 Å². The summed E-state index contributed by atoms with van der Waals surface area (Å²) >= 11 is 3.28. The monoisotopic (exact) mass is 217 g/mol. The first-order chi connectivity index (χ1) is 5.24. The zero-order chi connectivity index (χ0) is 8.27. The number of aryl methyl sites for hydroxylation is 2. The Morgan fingerprint density at radius 3 is 2.82 bits per heavy atom. The Bertz CT molecular complexity index is 232. The smallest absolute Gasteiger partial charge is 0.169 e. The molecule has 0 unspecified atom stereocenters. The summed E-state index contributed by atoms with van der Waals surface area (Å²) in [4.78, 5) is 0. The van der Waals surface area contributed by atoms with Crippen LogP contribution in [-0.2, 0) is 6.42 Å². The van der Waals surface area contributed by atoms with Crippen LogP contribution in [0.2, 0.25) is 0 Å². The van der Waals surface area contributed by atoms with E-state index in [0.29, 0.717) is 0 Å². The van der Waals surface area contributed by atoms with E-state index in [1.165, 1.54) is 5.56 Å². The third-order valence-electron chi connectivity index (χ3n) is 1.60. The van der Waals surface area contributed by atoms with E-state index in [4.69, 9.17) is 10.2 Å². The summed E-state index contributed by atoms with van der Waals surface area (Å²) in [6.07, 6.45) is 1.93. The summed E-state index contributed by atoms with van der Waals surface area (Å²) in [5.74, 6) is 1.04. The maximum atomic E-state index is 5.38. The molecular formula is C8H12BrNO. The van der Waals surface area contributed by atoms with Gasteiger partial charge in [0.25, 0.3) is 0 Å². The molecule has 62 valence electrons. The van der Waals surface area contributed by atoms with Crippen LogP contribution < -0.4 is 5.73 Å². The first-order valence-corrected chi connectivity index (χ1v) is 4.48. The summed E-state index contributed by atoms with van der Waals surface area (Å²) in [6.45, 7) is 2.76. The van der Waals surface area contributed by atoms with E-state index >= 15 is 0 Å². The largest absolute Gasteiger partial charge is 0.454 e. The van der Waals surface area contributed by atoms with Gasteiger partial charge in [-0.3, -0.25) is 0 Å². The number of rotatable bonds is 3. The minimum absolute atomic E-state index is 0.720. The molecule has 1 aromatic heterocycles. The molecule has 0 amide bonds. The topological polar surface area (TPSA) is 39.2 Å². The summed E-state index contributed by atoms with van der Waals surface area (Å²) in [6, 6.07) is 1.98. The van der Waals surface area contributed by atoms with E-state index in [1.54, 1.807) is 0 Å². The van der Waals surface area contributed by atoms with Gasteiger partial charge in [-0.25, -0.2) is 0 Å². The van der Waals surface area contributed by atoms with Crippen molar-refractivity contribution in [1.29, 1.82) is 0 Å². The van der Waals surface area contributed by atoms with Gasteiger partial charge >= 0.3 is 0 Å². The Morgan fingerprint density at radius 2 is 2.36 bits per heavy atom. The molecule has 0 spiro atoms. The van der Waals surface area contributed by atoms with Crippen LogP contribution in [0.15, 0.2) is 15.2 Å². The molecule has 0 radical (unpaired) electrons. The fourth-order valence-corrected chi connectivity index (χ4v) is 1.53. The average Bonchev–Trinajstić information content (AvgIpc) is 2.26. The second-order valence-corrected chi connectivity index (χ2v) is 3.33. The maximum absolute atomic E-state index is 5.38. The minimum atomic E-state index is 0.720. The number of hydrogen-bond acceptors (Lipinski definition) is 2. The molecule has 0 saturated carbocycles. The highest BCUT2D eigenvalue weighted by molar-refractivity contribution is 9.10. The lowest BCUT2D eigenvalue weighted by Gasteiger charge is -1.94. The van der Waals surface area contributed by atoms with Crippen molar-refractivity contribution in [1.82, 2.24) is 0 Å². The quantitative estimate of drug-likeness (QED) is 0.844. The fourth-order valence-electron chi connectivity index (χ4n) is 0.989. The van der Waals surface area contributed by atoms with Crippen molar-refractivity contribution < 1.29 is 4.42 Å². The molecule has 2 N–H and O–H groups in total. The predicted octanol–water partition coefficient (Wildman–Crippen LogP) is 2.24. The molecule has 1 rings (SSSR count). The normalized spacial score (nSPS) is 10.5.